The molecule has 1 aromatic heterocycles. The van der Waals surface area contributed by atoms with Crippen molar-refractivity contribution in [2.45, 2.75) is 20.3 Å². The van der Waals surface area contributed by atoms with Gasteiger partial charge in [-0.3, -0.25) is 15.6 Å². The van der Waals surface area contributed by atoms with Crippen molar-refractivity contribution < 1.29 is 4.79 Å². The number of thiocarbonyl (C=S) groups is 1. The number of aromatic nitrogens is 1. The molecule has 3 N–H and O–H groups in total. The van der Waals surface area contributed by atoms with Crippen molar-refractivity contribution in [3.05, 3.63) is 53.1 Å². The van der Waals surface area contributed by atoms with Crippen LogP contribution in [0.1, 0.15) is 29.9 Å². The second-order valence-electron chi connectivity index (χ2n) is 5.31. The van der Waals surface area contributed by atoms with E-state index in [4.69, 9.17) is 12.2 Å². The largest absolute Gasteiger partial charge is 0.358 e. The van der Waals surface area contributed by atoms with E-state index in [1.807, 2.05) is 19.1 Å². The van der Waals surface area contributed by atoms with E-state index in [2.05, 4.69) is 46.8 Å². The average Bonchev–Trinajstić information content (AvgIpc) is 3.08. The number of nitrogens with zero attached hydrogens (tertiary/aromatic N) is 1. The molecule has 126 valence electrons. The van der Waals surface area contributed by atoms with Gasteiger partial charge in [-0.2, -0.15) is 0 Å². The fourth-order valence-electron chi connectivity index (χ4n) is 1.85. The van der Waals surface area contributed by atoms with Crippen LogP contribution in [0.25, 0.3) is 10.6 Å². The van der Waals surface area contributed by atoms with Crippen LogP contribution in [0.2, 0.25) is 0 Å². The summed E-state index contributed by atoms with van der Waals surface area (Å²) in [5, 5.41) is 5.79. The number of nitrogens with one attached hydrogen (secondary N) is 3. The van der Waals surface area contributed by atoms with Crippen LogP contribution in [0.3, 0.4) is 0 Å². The lowest BCUT2D eigenvalue weighted by atomic mass is 10.1. The molecule has 1 aromatic carbocycles. The Labute approximate surface area is 151 Å². The van der Waals surface area contributed by atoms with Crippen LogP contribution in [0.4, 0.5) is 0 Å². The van der Waals surface area contributed by atoms with Crippen LogP contribution in [-0.2, 0) is 6.42 Å². The minimum Gasteiger partial charge on any atom is -0.358 e. The maximum Gasteiger partial charge on any atom is 0.289 e. The van der Waals surface area contributed by atoms with Gasteiger partial charge in [-0.05, 0) is 31.1 Å². The number of benzene rings is 1. The van der Waals surface area contributed by atoms with Gasteiger partial charge in [0.25, 0.3) is 5.91 Å². The van der Waals surface area contributed by atoms with E-state index in [-0.39, 0.29) is 5.91 Å². The van der Waals surface area contributed by atoms with Crippen LogP contribution in [0.15, 0.2) is 41.8 Å². The minimum atomic E-state index is -0.331. The number of carbonyl (C=O) groups excluding carboxylic acids is 1. The second kappa shape index (κ2) is 8.56. The normalized spacial score (nSPS) is 10.1. The Balaban J connectivity index is 1.93. The maximum atomic E-state index is 12.1. The van der Waals surface area contributed by atoms with Crippen molar-refractivity contribution in [2.75, 3.05) is 6.54 Å². The molecule has 0 radical (unpaired) electrons. The van der Waals surface area contributed by atoms with Crippen molar-refractivity contribution in [3.8, 4) is 10.6 Å². The highest BCUT2D eigenvalue weighted by atomic mass is 32.1. The molecular weight excluding hydrogens is 340 g/mol. The SMILES string of the molecule is C=C(C)CNC(=S)NNC(=O)c1csc(-c2ccc(CC)cc2)n1. The number of carbonyl (C=O) groups is 1. The first kappa shape index (κ1) is 18.1. The highest BCUT2D eigenvalue weighted by Gasteiger charge is 2.12. The quantitative estimate of drug-likeness (QED) is 0.434. The molecule has 1 amide bonds. The van der Waals surface area contributed by atoms with Crippen molar-refractivity contribution in [1.29, 1.82) is 0 Å². The summed E-state index contributed by atoms with van der Waals surface area (Å²) in [5.74, 6) is -0.331. The summed E-state index contributed by atoms with van der Waals surface area (Å²) in [7, 11) is 0. The van der Waals surface area contributed by atoms with Crippen LogP contribution < -0.4 is 16.2 Å². The summed E-state index contributed by atoms with van der Waals surface area (Å²) < 4.78 is 0. The predicted molar refractivity (Wildman–Crippen MR) is 103 cm³/mol. The number of aryl methyl sites for hydroxylation is 1. The summed E-state index contributed by atoms with van der Waals surface area (Å²) in [6.07, 6.45) is 0.997. The topological polar surface area (TPSA) is 66.0 Å². The Morgan fingerprint density at radius 2 is 2.00 bits per heavy atom. The molecule has 0 spiro atoms. The van der Waals surface area contributed by atoms with Gasteiger partial charge in [0, 0.05) is 17.5 Å². The van der Waals surface area contributed by atoms with E-state index in [9.17, 15) is 4.79 Å². The van der Waals surface area contributed by atoms with Gasteiger partial charge < -0.3 is 5.32 Å². The zero-order valence-electron chi connectivity index (χ0n) is 13.7. The summed E-state index contributed by atoms with van der Waals surface area (Å²) >= 11 is 6.48. The average molecular weight is 361 g/mol. The molecule has 1 heterocycles. The van der Waals surface area contributed by atoms with Crippen LogP contribution in [-0.4, -0.2) is 22.5 Å². The first-order valence-corrected chi connectivity index (χ1v) is 8.81. The molecule has 0 unspecified atom stereocenters. The van der Waals surface area contributed by atoms with Gasteiger partial charge in [0.15, 0.2) is 5.11 Å². The molecule has 0 atom stereocenters. The van der Waals surface area contributed by atoms with Crippen molar-refractivity contribution in [1.82, 2.24) is 21.2 Å². The standard InChI is InChI=1S/C17H20N4OS2/c1-4-12-5-7-13(8-6-12)16-19-14(10-24-16)15(22)20-21-17(23)18-9-11(2)3/h5-8,10H,2,4,9H2,1,3H3,(H,20,22)(H2,18,21,23). The monoisotopic (exact) mass is 360 g/mol. The van der Waals surface area contributed by atoms with E-state index in [1.165, 1.54) is 16.9 Å². The fourth-order valence-corrected chi connectivity index (χ4v) is 2.78. The van der Waals surface area contributed by atoms with E-state index in [1.54, 1.807) is 5.38 Å². The molecule has 24 heavy (non-hydrogen) atoms. The van der Waals surface area contributed by atoms with Gasteiger partial charge in [-0.15, -0.1) is 11.3 Å². The van der Waals surface area contributed by atoms with E-state index in [0.29, 0.717) is 17.4 Å². The molecule has 0 aliphatic carbocycles. The number of amides is 1. The van der Waals surface area contributed by atoms with Crippen LogP contribution in [0.5, 0.6) is 0 Å². The molecule has 0 saturated carbocycles. The molecule has 0 bridgehead atoms. The first-order chi connectivity index (χ1) is 11.5. The zero-order valence-corrected chi connectivity index (χ0v) is 15.3. The van der Waals surface area contributed by atoms with Crippen molar-refractivity contribution in [3.63, 3.8) is 0 Å². The van der Waals surface area contributed by atoms with E-state index in [0.717, 1.165) is 22.6 Å². The number of thiazole rings is 1. The Bertz CT molecular complexity index is 737. The fraction of sp³-hybridized carbons (Fsp3) is 0.235. The van der Waals surface area contributed by atoms with Gasteiger partial charge in [0.2, 0.25) is 0 Å². The number of hydrogen-bond acceptors (Lipinski definition) is 4. The zero-order chi connectivity index (χ0) is 17.5. The lowest BCUT2D eigenvalue weighted by Gasteiger charge is -2.10. The minimum absolute atomic E-state index is 0.331. The number of hydrogen-bond donors (Lipinski definition) is 3. The van der Waals surface area contributed by atoms with Gasteiger partial charge >= 0.3 is 0 Å². The molecule has 2 rings (SSSR count). The summed E-state index contributed by atoms with van der Waals surface area (Å²) in [4.78, 5) is 16.5. The van der Waals surface area contributed by atoms with Crippen LogP contribution in [0, 0.1) is 0 Å². The third-order valence-electron chi connectivity index (χ3n) is 3.19. The number of hydrazine groups is 1. The third-order valence-corrected chi connectivity index (χ3v) is 4.32. The highest BCUT2D eigenvalue weighted by molar-refractivity contribution is 7.80. The van der Waals surface area contributed by atoms with E-state index < -0.39 is 0 Å². The second-order valence-corrected chi connectivity index (χ2v) is 6.57. The molecule has 0 fully saturated rings. The van der Waals surface area contributed by atoms with Gasteiger partial charge in [-0.25, -0.2) is 4.98 Å². The molecular formula is C17H20N4OS2. The first-order valence-electron chi connectivity index (χ1n) is 7.53. The Morgan fingerprint density at radius 3 is 2.62 bits per heavy atom. The third kappa shape index (κ3) is 5.14. The van der Waals surface area contributed by atoms with Gasteiger partial charge in [0.1, 0.15) is 10.7 Å². The maximum absolute atomic E-state index is 12.1. The van der Waals surface area contributed by atoms with Crippen molar-refractivity contribution in [2.24, 2.45) is 0 Å². The predicted octanol–water partition coefficient (Wildman–Crippen LogP) is 3.06. The summed E-state index contributed by atoms with van der Waals surface area (Å²) in [6.45, 7) is 8.32. The Kier molecular flexibility index (Phi) is 6.45. The molecule has 0 saturated heterocycles. The summed E-state index contributed by atoms with van der Waals surface area (Å²) in [6, 6.07) is 8.19. The Hall–Kier alpha value is -2.25. The van der Waals surface area contributed by atoms with Crippen LogP contribution >= 0.6 is 23.6 Å². The molecule has 2 aromatic rings. The van der Waals surface area contributed by atoms with Gasteiger partial charge in [0.05, 0.1) is 0 Å². The highest BCUT2D eigenvalue weighted by Crippen LogP contribution is 2.24. The number of rotatable bonds is 5. The molecule has 0 aliphatic rings. The summed E-state index contributed by atoms with van der Waals surface area (Å²) in [5.41, 5.74) is 8.75. The van der Waals surface area contributed by atoms with Gasteiger partial charge in [-0.1, -0.05) is 43.3 Å². The molecule has 0 aliphatic heterocycles. The Morgan fingerprint density at radius 1 is 1.29 bits per heavy atom. The lowest BCUT2D eigenvalue weighted by Crippen LogP contribution is -2.47. The molecule has 7 heteroatoms. The van der Waals surface area contributed by atoms with E-state index >= 15 is 0 Å². The molecule has 5 nitrogen and oxygen atoms in total. The smallest absolute Gasteiger partial charge is 0.289 e. The lowest BCUT2D eigenvalue weighted by molar-refractivity contribution is 0.0939. The van der Waals surface area contributed by atoms with Crippen molar-refractivity contribution >= 4 is 34.6 Å².